The maximum atomic E-state index is 6.46. The van der Waals surface area contributed by atoms with E-state index in [0.29, 0.717) is 6.04 Å². The van der Waals surface area contributed by atoms with Crippen molar-refractivity contribution in [2.24, 2.45) is 0 Å². The number of rotatable bonds is 2. The molecule has 4 heteroatoms. The summed E-state index contributed by atoms with van der Waals surface area (Å²) in [7, 11) is 2.21. The number of nitrogens with two attached hydrogens (primary N) is 1. The van der Waals surface area contributed by atoms with E-state index in [1.54, 1.807) is 0 Å². The second-order valence-corrected chi connectivity index (χ2v) is 5.94. The Balaban J connectivity index is 2.03. The quantitative estimate of drug-likeness (QED) is 0.861. The molecule has 0 radical (unpaired) electrons. The van der Waals surface area contributed by atoms with Gasteiger partial charge < -0.3 is 15.5 Å². The average Bonchev–Trinajstić information content (AvgIpc) is 2.69. The zero-order valence-corrected chi connectivity index (χ0v) is 12.9. The van der Waals surface area contributed by atoms with Crippen LogP contribution in [0.3, 0.4) is 0 Å². The molecular formula is C17H24N4. The first-order valence-electron chi connectivity index (χ1n) is 7.79. The molecule has 0 aliphatic carbocycles. The minimum absolute atomic E-state index is 0.522. The summed E-state index contributed by atoms with van der Waals surface area (Å²) in [6.45, 7) is 5.58. The molecule has 0 spiro atoms. The number of pyridine rings is 1. The van der Waals surface area contributed by atoms with Crippen LogP contribution in [0.1, 0.15) is 19.8 Å². The number of likely N-dealkylation sites (N-methyl/N-ethyl adjacent to an activating group) is 1. The molecule has 4 nitrogen and oxygen atoms in total. The second-order valence-electron chi connectivity index (χ2n) is 5.94. The molecule has 2 N–H and O–H groups in total. The van der Waals surface area contributed by atoms with Crippen LogP contribution in [0.15, 0.2) is 30.5 Å². The van der Waals surface area contributed by atoms with Crippen molar-refractivity contribution in [2.75, 3.05) is 37.3 Å². The van der Waals surface area contributed by atoms with Crippen molar-refractivity contribution in [3.63, 3.8) is 0 Å². The molecule has 1 fully saturated rings. The summed E-state index contributed by atoms with van der Waals surface area (Å²) in [4.78, 5) is 9.31. The van der Waals surface area contributed by atoms with Gasteiger partial charge in [-0.3, -0.25) is 4.98 Å². The van der Waals surface area contributed by atoms with Gasteiger partial charge in [-0.2, -0.15) is 0 Å². The average molecular weight is 284 g/mol. The molecule has 21 heavy (non-hydrogen) atoms. The van der Waals surface area contributed by atoms with Crippen LogP contribution in [-0.4, -0.2) is 42.6 Å². The third kappa shape index (κ3) is 2.68. The highest BCUT2D eigenvalue weighted by molar-refractivity contribution is 5.97. The van der Waals surface area contributed by atoms with Crippen LogP contribution in [0, 0.1) is 0 Å². The first-order valence-corrected chi connectivity index (χ1v) is 7.79. The Morgan fingerprint density at radius 3 is 2.95 bits per heavy atom. The summed E-state index contributed by atoms with van der Waals surface area (Å²) >= 11 is 0. The van der Waals surface area contributed by atoms with E-state index in [1.165, 1.54) is 6.42 Å². The topological polar surface area (TPSA) is 45.4 Å². The van der Waals surface area contributed by atoms with Crippen LogP contribution in [0.2, 0.25) is 0 Å². The molecule has 0 bridgehead atoms. The number of hydrogen-bond acceptors (Lipinski definition) is 4. The monoisotopic (exact) mass is 284 g/mol. The summed E-state index contributed by atoms with van der Waals surface area (Å²) < 4.78 is 0. The number of nitrogens with zero attached hydrogens (tertiary/aromatic N) is 3. The molecule has 0 saturated carbocycles. The van der Waals surface area contributed by atoms with Crippen molar-refractivity contribution in [3.8, 4) is 0 Å². The van der Waals surface area contributed by atoms with Crippen molar-refractivity contribution in [1.82, 2.24) is 9.88 Å². The Hall–Kier alpha value is -1.81. The highest BCUT2D eigenvalue weighted by Crippen LogP contribution is 2.33. The Labute approximate surface area is 126 Å². The van der Waals surface area contributed by atoms with Crippen molar-refractivity contribution in [2.45, 2.75) is 25.8 Å². The van der Waals surface area contributed by atoms with Gasteiger partial charge in [0.05, 0.1) is 16.9 Å². The number of nitrogen functional groups attached to an aromatic ring is 1. The fourth-order valence-electron chi connectivity index (χ4n) is 3.32. The molecule has 2 aromatic rings. The van der Waals surface area contributed by atoms with Crippen LogP contribution in [0.5, 0.6) is 0 Å². The maximum absolute atomic E-state index is 6.46. The fraction of sp³-hybridized carbons (Fsp3) is 0.471. The number of fused-ring (bicyclic) bond motifs is 1. The molecule has 1 atom stereocenters. The highest BCUT2D eigenvalue weighted by Gasteiger charge is 2.24. The predicted molar refractivity (Wildman–Crippen MR) is 89.7 cm³/mol. The van der Waals surface area contributed by atoms with E-state index < -0.39 is 0 Å². The van der Waals surface area contributed by atoms with E-state index in [1.807, 2.05) is 12.3 Å². The lowest BCUT2D eigenvalue weighted by Gasteiger charge is -2.33. The number of anilines is 2. The van der Waals surface area contributed by atoms with Gasteiger partial charge in [-0.25, -0.2) is 0 Å². The van der Waals surface area contributed by atoms with Gasteiger partial charge in [-0.1, -0.05) is 6.92 Å². The summed E-state index contributed by atoms with van der Waals surface area (Å²) in [6.07, 6.45) is 4.13. The molecule has 1 aliphatic heterocycles. The molecular weight excluding hydrogens is 260 g/mol. The Kier molecular flexibility index (Phi) is 3.97. The third-order valence-electron chi connectivity index (χ3n) is 4.49. The molecule has 0 amide bonds. The van der Waals surface area contributed by atoms with Crippen LogP contribution in [-0.2, 0) is 0 Å². The molecule has 1 aromatic carbocycles. The smallest absolute Gasteiger partial charge is 0.0724 e. The lowest BCUT2D eigenvalue weighted by molar-refractivity contribution is 0.328. The van der Waals surface area contributed by atoms with Gasteiger partial charge in [0.25, 0.3) is 0 Å². The maximum Gasteiger partial charge on any atom is 0.0724 e. The van der Waals surface area contributed by atoms with E-state index in [-0.39, 0.29) is 0 Å². The normalized spacial score (nSPS) is 20.7. The van der Waals surface area contributed by atoms with Gasteiger partial charge in [0.1, 0.15) is 0 Å². The second kappa shape index (κ2) is 5.90. The van der Waals surface area contributed by atoms with Gasteiger partial charge in [0, 0.05) is 30.7 Å². The Morgan fingerprint density at radius 1 is 1.29 bits per heavy atom. The summed E-state index contributed by atoms with van der Waals surface area (Å²) in [5, 5.41) is 1.06. The van der Waals surface area contributed by atoms with Crippen molar-refractivity contribution < 1.29 is 0 Å². The standard InChI is InChI=1S/C17H24N4/c1-3-13-12-20(2)10-5-11-21(13)16-8-7-15-14(17(16)18)6-4-9-19-15/h4,6-9,13H,3,5,10-12,18H2,1-2H3. The van der Waals surface area contributed by atoms with E-state index in [4.69, 9.17) is 5.73 Å². The summed E-state index contributed by atoms with van der Waals surface area (Å²) in [5.41, 5.74) is 9.46. The molecule has 1 unspecified atom stereocenters. The first kappa shape index (κ1) is 14.1. The molecule has 2 heterocycles. The summed E-state index contributed by atoms with van der Waals surface area (Å²) in [5.74, 6) is 0. The van der Waals surface area contributed by atoms with E-state index in [9.17, 15) is 0 Å². The highest BCUT2D eigenvalue weighted by atomic mass is 15.2. The number of aromatic nitrogens is 1. The zero-order chi connectivity index (χ0) is 14.8. The predicted octanol–water partition coefficient (Wildman–Crippen LogP) is 2.74. The first-order chi connectivity index (χ1) is 10.2. The largest absolute Gasteiger partial charge is 0.396 e. The molecule has 112 valence electrons. The van der Waals surface area contributed by atoms with Gasteiger partial charge >= 0.3 is 0 Å². The Morgan fingerprint density at radius 2 is 2.14 bits per heavy atom. The van der Waals surface area contributed by atoms with Gasteiger partial charge in [0.2, 0.25) is 0 Å². The third-order valence-corrected chi connectivity index (χ3v) is 4.49. The SMILES string of the molecule is CCC1CN(C)CCCN1c1ccc2ncccc2c1N. The van der Waals surface area contributed by atoms with Crippen LogP contribution < -0.4 is 10.6 Å². The molecule has 1 saturated heterocycles. The summed E-state index contributed by atoms with van der Waals surface area (Å²) in [6, 6.07) is 8.76. The van der Waals surface area contributed by atoms with Gasteiger partial charge in [0.15, 0.2) is 0 Å². The molecule has 1 aliphatic rings. The van der Waals surface area contributed by atoms with E-state index in [2.05, 4.69) is 47.0 Å². The lowest BCUT2D eigenvalue weighted by atomic mass is 10.1. The van der Waals surface area contributed by atoms with E-state index >= 15 is 0 Å². The zero-order valence-electron chi connectivity index (χ0n) is 12.9. The van der Waals surface area contributed by atoms with Crippen LogP contribution >= 0.6 is 0 Å². The lowest BCUT2D eigenvalue weighted by Crippen LogP contribution is -2.40. The number of hydrogen-bond donors (Lipinski definition) is 1. The minimum atomic E-state index is 0.522. The van der Waals surface area contributed by atoms with Crippen molar-refractivity contribution in [3.05, 3.63) is 30.5 Å². The van der Waals surface area contributed by atoms with Crippen molar-refractivity contribution >= 4 is 22.3 Å². The minimum Gasteiger partial charge on any atom is -0.396 e. The number of benzene rings is 1. The van der Waals surface area contributed by atoms with Gasteiger partial charge in [-0.15, -0.1) is 0 Å². The van der Waals surface area contributed by atoms with Gasteiger partial charge in [-0.05, 0) is 50.7 Å². The van der Waals surface area contributed by atoms with Crippen molar-refractivity contribution in [1.29, 1.82) is 0 Å². The molecule has 1 aromatic heterocycles. The Bertz CT molecular complexity index is 625. The molecule has 3 rings (SSSR count). The fourth-order valence-corrected chi connectivity index (χ4v) is 3.32. The van der Waals surface area contributed by atoms with Crippen LogP contribution in [0.25, 0.3) is 10.9 Å². The van der Waals surface area contributed by atoms with Crippen LogP contribution in [0.4, 0.5) is 11.4 Å². The van der Waals surface area contributed by atoms with E-state index in [0.717, 1.165) is 48.3 Å².